The minimum absolute atomic E-state index is 0.438. The number of piperazine rings is 1. The van der Waals surface area contributed by atoms with Crippen LogP contribution < -0.4 is 0 Å². The maximum atomic E-state index is 12.9. The molecule has 29 heavy (non-hydrogen) atoms. The number of aryl methyl sites for hydroxylation is 3. The van der Waals surface area contributed by atoms with Crippen LogP contribution in [0.4, 0.5) is 0 Å². The van der Waals surface area contributed by atoms with Gasteiger partial charge >= 0.3 is 0 Å². The molecule has 7 nitrogen and oxygen atoms in total. The van der Waals surface area contributed by atoms with Gasteiger partial charge in [0.15, 0.2) is 0 Å². The van der Waals surface area contributed by atoms with Gasteiger partial charge in [0, 0.05) is 41.5 Å². The first-order chi connectivity index (χ1) is 13.8. The van der Waals surface area contributed by atoms with Crippen molar-refractivity contribution >= 4 is 21.4 Å². The largest absolute Gasteiger partial charge is 0.419 e. The standard InChI is InChI=1S/C20H24N4O3S2/c1-14-4-6-17(7-5-14)20-22-21-19(27-20)13-23-8-10-24(11-9-23)29(25,26)18-12-15(2)28-16(18)3/h4-7,12H,8-11,13H2,1-3H3. The predicted octanol–water partition coefficient (Wildman–Crippen LogP) is 3.23. The van der Waals surface area contributed by atoms with Crippen LogP contribution in [0.5, 0.6) is 0 Å². The maximum Gasteiger partial charge on any atom is 0.247 e. The quantitative estimate of drug-likeness (QED) is 0.616. The van der Waals surface area contributed by atoms with E-state index >= 15 is 0 Å². The normalized spacial score (nSPS) is 16.4. The number of thiophene rings is 1. The number of rotatable bonds is 5. The summed E-state index contributed by atoms with van der Waals surface area (Å²) in [4.78, 5) is 4.44. The average molecular weight is 433 g/mol. The molecule has 1 aliphatic rings. The second-order valence-corrected chi connectivity index (χ2v) is 10.7. The fraction of sp³-hybridized carbons (Fsp3) is 0.400. The van der Waals surface area contributed by atoms with Crippen LogP contribution in [0.1, 0.15) is 21.2 Å². The third kappa shape index (κ3) is 4.28. The Morgan fingerprint density at radius 2 is 1.72 bits per heavy atom. The highest BCUT2D eigenvalue weighted by molar-refractivity contribution is 7.89. The van der Waals surface area contributed by atoms with Gasteiger partial charge in [0.05, 0.1) is 11.4 Å². The molecule has 0 saturated carbocycles. The highest BCUT2D eigenvalue weighted by Crippen LogP contribution is 2.28. The van der Waals surface area contributed by atoms with Crippen LogP contribution in [-0.2, 0) is 16.6 Å². The first-order valence-electron chi connectivity index (χ1n) is 9.52. The van der Waals surface area contributed by atoms with Gasteiger partial charge in [-0.25, -0.2) is 8.42 Å². The van der Waals surface area contributed by atoms with Crippen molar-refractivity contribution in [2.24, 2.45) is 0 Å². The van der Waals surface area contributed by atoms with E-state index in [4.69, 9.17) is 4.42 Å². The number of benzene rings is 1. The Labute approximate surface area is 175 Å². The summed E-state index contributed by atoms with van der Waals surface area (Å²) in [5.74, 6) is 1.05. The van der Waals surface area contributed by atoms with Crippen molar-refractivity contribution in [3.05, 3.63) is 51.5 Å². The highest BCUT2D eigenvalue weighted by Gasteiger charge is 2.31. The van der Waals surface area contributed by atoms with Crippen LogP contribution in [0.25, 0.3) is 11.5 Å². The number of aromatic nitrogens is 2. The molecule has 0 aliphatic carbocycles. The van der Waals surface area contributed by atoms with Gasteiger partial charge in [-0.1, -0.05) is 17.7 Å². The van der Waals surface area contributed by atoms with E-state index < -0.39 is 10.0 Å². The van der Waals surface area contributed by atoms with Crippen molar-refractivity contribution in [3.8, 4) is 11.5 Å². The van der Waals surface area contributed by atoms with Crippen molar-refractivity contribution in [2.45, 2.75) is 32.2 Å². The lowest BCUT2D eigenvalue weighted by Gasteiger charge is -2.33. The molecule has 1 fully saturated rings. The van der Waals surface area contributed by atoms with Crippen LogP contribution in [0, 0.1) is 20.8 Å². The zero-order valence-corrected chi connectivity index (χ0v) is 18.4. The molecule has 3 heterocycles. The molecule has 1 saturated heterocycles. The summed E-state index contributed by atoms with van der Waals surface area (Å²) < 4.78 is 33.3. The van der Waals surface area contributed by atoms with Gasteiger partial charge in [-0.2, -0.15) is 4.31 Å². The Balaban J connectivity index is 1.38. The third-order valence-corrected chi connectivity index (χ3v) is 8.19. The molecule has 0 bridgehead atoms. The summed E-state index contributed by atoms with van der Waals surface area (Å²) >= 11 is 1.52. The second-order valence-electron chi connectivity index (χ2n) is 7.32. The van der Waals surface area contributed by atoms with Crippen molar-refractivity contribution in [3.63, 3.8) is 0 Å². The van der Waals surface area contributed by atoms with Gasteiger partial charge in [-0.05, 0) is 39.0 Å². The zero-order chi connectivity index (χ0) is 20.6. The fourth-order valence-corrected chi connectivity index (χ4v) is 6.40. The van der Waals surface area contributed by atoms with Gasteiger partial charge in [-0.15, -0.1) is 21.5 Å². The molecule has 9 heteroatoms. The molecule has 1 aromatic carbocycles. The SMILES string of the molecule is Cc1ccc(-c2nnc(CN3CCN(S(=O)(=O)c4cc(C)sc4C)CC3)o2)cc1. The number of hydrogen-bond donors (Lipinski definition) is 0. The Hall–Kier alpha value is -2.07. The molecule has 0 N–H and O–H groups in total. The molecule has 0 atom stereocenters. The molecule has 154 valence electrons. The van der Waals surface area contributed by atoms with Gasteiger partial charge in [0.25, 0.3) is 0 Å². The van der Waals surface area contributed by atoms with Gasteiger partial charge in [0.1, 0.15) is 0 Å². The van der Waals surface area contributed by atoms with E-state index in [-0.39, 0.29) is 0 Å². The number of hydrogen-bond acceptors (Lipinski definition) is 7. The van der Waals surface area contributed by atoms with E-state index in [1.165, 1.54) is 16.9 Å². The van der Waals surface area contributed by atoms with Crippen molar-refractivity contribution in [1.29, 1.82) is 0 Å². The van der Waals surface area contributed by atoms with Crippen LogP contribution in [0.15, 0.2) is 39.6 Å². The molecule has 3 aromatic rings. The summed E-state index contributed by atoms with van der Waals surface area (Å²) in [6.45, 7) is 8.51. The second kappa shape index (κ2) is 7.98. The van der Waals surface area contributed by atoms with E-state index in [9.17, 15) is 8.42 Å². The Morgan fingerprint density at radius 3 is 2.34 bits per heavy atom. The van der Waals surface area contributed by atoms with Crippen LogP contribution in [0.2, 0.25) is 0 Å². The van der Waals surface area contributed by atoms with Crippen LogP contribution >= 0.6 is 11.3 Å². The maximum absolute atomic E-state index is 12.9. The summed E-state index contributed by atoms with van der Waals surface area (Å²) in [7, 11) is -3.44. The molecular weight excluding hydrogens is 408 g/mol. The molecule has 0 amide bonds. The fourth-order valence-electron chi connectivity index (χ4n) is 3.45. The Kier molecular flexibility index (Phi) is 5.56. The van der Waals surface area contributed by atoms with Crippen molar-refractivity contribution < 1.29 is 12.8 Å². The molecule has 1 aliphatic heterocycles. The number of nitrogens with zero attached hydrogens (tertiary/aromatic N) is 4. The molecule has 2 aromatic heterocycles. The van der Waals surface area contributed by atoms with Gasteiger partial charge in [0.2, 0.25) is 21.8 Å². The number of sulfonamides is 1. The van der Waals surface area contributed by atoms with Crippen molar-refractivity contribution in [2.75, 3.05) is 26.2 Å². The van der Waals surface area contributed by atoms with E-state index in [2.05, 4.69) is 15.1 Å². The van der Waals surface area contributed by atoms with E-state index in [0.29, 0.717) is 49.4 Å². The molecular formula is C20H24N4O3S2. The van der Waals surface area contributed by atoms with Gasteiger partial charge in [-0.3, -0.25) is 4.90 Å². The predicted molar refractivity (Wildman–Crippen MR) is 112 cm³/mol. The monoisotopic (exact) mass is 432 g/mol. The van der Waals surface area contributed by atoms with E-state index in [0.717, 1.165) is 15.3 Å². The summed E-state index contributed by atoms with van der Waals surface area (Å²) in [6, 6.07) is 9.71. The van der Waals surface area contributed by atoms with Crippen molar-refractivity contribution in [1.82, 2.24) is 19.4 Å². The molecule has 4 rings (SSSR count). The summed E-state index contributed by atoms with van der Waals surface area (Å²) in [5.41, 5.74) is 2.07. The Morgan fingerprint density at radius 1 is 1.03 bits per heavy atom. The lowest BCUT2D eigenvalue weighted by molar-refractivity contribution is 0.168. The minimum Gasteiger partial charge on any atom is -0.419 e. The lowest BCUT2D eigenvalue weighted by Crippen LogP contribution is -2.48. The Bertz CT molecular complexity index is 1100. The zero-order valence-electron chi connectivity index (χ0n) is 16.8. The first-order valence-corrected chi connectivity index (χ1v) is 11.8. The first kappa shape index (κ1) is 20.2. The summed E-state index contributed by atoms with van der Waals surface area (Å²) in [5, 5.41) is 8.29. The highest BCUT2D eigenvalue weighted by atomic mass is 32.2. The molecule has 0 spiro atoms. The molecule has 0 unspecified atom stereocenters. The lowest BCUT2D eigenvalue weighted by atomic mass is 10.1. The van der Waals surface area contributed by atoms with Crippen LogP contribution in [0.3, 0.4) is 0 Å². The van der Waals surface area contributed by atoms with E-state index in [1.54, 1.807) is 10.4 Å². The average Bonchev–Trinajstić information content (AvgIpc) is 3.29. The third-order valence-electron chi connectivity index (χ3n) is 5.07. The van der Waals surface area contributed by atoms with Gasteiger partial charge < -0.3 is 4.42 Å². The topological polar surface area (TPSA) is 79.5 Å². The smallest absolute Gasteiger partial charge is 0.247 e. The van der Waals surface area contributed by atoms with E-state index in [1.807, 2.05) is 45.0 Å². The summed E-state index contributed by atoms with van der Waals surface area (Å²) in [6.07, 6.45) is 0. The van der Waals surface area contributed by atoms with Crippen LogP contribution in [-0.4, -0.2) is 54.0 Å². The minimum atomic E-state index is -3.44. The molecule has 0 radical (unpaired) electrons.